The number of primary amides is 1. The number of hydrogen-bond donors (Lipinski definition) is 2. The van der Waals surface area contributed by atoms with Gasteiger partial charge in [0.1, 0.15) is 0 Å². The van der Waals surface area contributed by atoms with Crippen molar-refractivity contribution in [3.05, 3.63) is 35.9 Å². The number of amides is 1. The fourth-order valence-corrected chi connectivity index (χ4v) is 1.98. The van der Waals surface area contributed by atoms with Gasteiger partial charge < -0.3 is 11.1 Å². The predicted molar refractivity (Wildman–Crippen MR) is 68.5 cm³/mol. The first-order valence-corrected chi connectivity index (χ1v) is 6.22. The normalized spacial score (nSPS) is 18.6. The van der Waals surface area contributed by atoms with E-state index in [1.807, 2.05) is 25.1 Å². The molecule has 92 valence electrons. The number of aryl methyl sites for hydroxylation is 1. The zero-order valence-electron chi connectivity index (χ0n) is 10.3. The molecular formula is C14H20N2O. The van der Waals surface area contributed by atoms with Gasteiger partial charge in [0.05, 0.1) is 5.54 Å². The minimum atomic E-state index is -0.572. The number of hydrogen-bond acceptors (Lipinski definition) is 2. The number of rotatable bonds is 6. The Morgan fingerprint density at radius 2 is 2.06 bits per heavy atom. The van der Waals surface area contributed by atoms with Gasteiger partial charge in [0, 0.05) is 6.04 Å². The van der Waals surface area contributed by atoms with Gasteiger partial charge in [0.25, 0.3) is 0 Å². The standard InChI is InChI=1S/C14H20N2O/c1-14(13(15)17,16-12-7-8-12)10-9-11-5-3-2-4-6-11/h2-6,12,16H,7-10H2,1H3,(H2,15,17). The van der Waals surface area contributed by atoms with E-state index in [4.69, 9.17) is 5.73 Å². The van der Waals surface area contributed by atoms with E-state index in [9.17, 15) is 4.79 Å². The molecule has 3 N–H and O–H groups in total. The van der Waals surface area contributed by atoms with E-state index >= 15 is 0 Å². The van der Waals surface area contributed by atoms with Crippen LogP contribution in [0, 0.1) is 0 Å². The maximum Gasteiger partial charge on any atom is 0.237 e. The van der Waals surface area contributed by atoms with Crippen LogP contribution in [0.15, 0.2) is 30.3 Å². The molecule has 1 amide bonds. The minimum absolute atomic E-state index is 0.250. The van der Waals surface area contributed by atoms with Gasteiger partial charge in [-0.2, -0.15) is 0 Å². The lowest BCUT2D eigenvalue weighted by atomic mass is 9.92. The van der Waals surface area contributed by atoms with E-state index in [1.165, 1.54) is 5.56 Å². The predicted octanol–water partition coefficient (Wildman–Crippen LogP) is 1.62. The molecule has 1 unspecified atom stereocenters. The Labute approximate surface area is 102 Å². The third-order valence-corrected chi connectivity index (χ3v) is 3.40. The number of benzene rings is 1. The Kier molecular flexibility index (Phi) is 3.48. The SMILES string of the molecule is CC(CCc1ccccc1)(NC1CC1)C(N)=O. The molecule has 1 atom stereocenters. The van der Waals surface area contributed by atoms with Crippen molar-refractivity contribution < 1.29 is 4.79 Å². The molecule has 0 spiro atoms. The monoisotopic (exact) mass is 232 g/mol. The number of nitrogens with one attached hydrogen (secondary N) is 1. The van der Waals surface area contributed by atoms with Crippen LogP contribution in [0.2, 0.25) is 0 Å². The highest BCUT2D eigenvalue weighted by Crippen LogP contribution is 2.24. The topological polar surface area (TPSA) is 55.1 Å². The number of carbonyl (C=O) groups is 1. The molecule has 1 aromatic carbocycles. The minimum Gasteiger partial charge on any atom is -0.368 e. The summed E-state index contributed by atoms with van der Waals surface area (Å²) in [4.78, 5) is 11.6. The highest BCUT2D eigenvalue weighted by Gasteiger charge is 2.36. The molecule has 0 saturated heterocycles. The van der Waals surface area contributed by atoms with Crippen LogP contribution >= 0.6 is 0 Å². The Bertz CT molecular complexity index is 386. The fourth-order valence-electron chi connectivity index (χ4n) is 1.98. The van der Waals surface area contributed by atoms with E-state index in [-0.39, 0.29) is 5.91 Å². The van der Waals surface area contributed by atoms with Crippen molar-refractivity contribution in [1.29, 1.82) is 0 Å². The number of nitrogens with two attached hydrogens (primary N) is 1. The molecule has 0 heterocycles. The summed E-state index contributed by atoms with van der Waals surface area (Å²) in [5.74, 6) is -0.250. The van der Waals surface area contributed by atoms with Crippen LogP contribution < -0.4 is 11.1 Å². The van der Waals surface area contributed by atoms with E-state index in [0.29, 0.717) is 6.04 Å². The molecule has 0 aliphatic heterocycles. The van der Waals surface area contributed by atoms with Crippen LogP contribution in [0.25, 0.3) is 0 Å². The molecule has 1 aromatic rings. The van der Waals surface area contributed by atoms with Gasteiger partial charge in [-0.25, -0.2) is 0 Å². The lowest BCUT2D eigenvalue weighted by Crippen LogP contribution is -2.54. The summed E-state index contributed by atoms with van der Waals surface area (Å²) in [6.45, 7) is 1.91. The van der Waals surface area contributed by atoms with E-state index in [2.05, 4.69) is 17.4 Å². The third-order valence-electron chi connectivity index (χ3n) is 3.40. The van der Waals surface area contributed by atoms with Crippen molar-refractivity contribution >= 4 is 5.91 Å². The van der Waals surface area contributed by atoms with Crippen molar-refractivity contribution in [3.63, 3.8) is 0 Å². The summed E-state index contributed by atoms with van der Waals surface area (Å²) in [6.07, 6.45) is 3.95. The molecule has 1 aliphatic rings. The van der Waals surface area contributed by atoms with Gasteiger partial charge in [0.15, 0.2) is 0 Å². The highest BCUT2D eigenvalue weighted by atomic mass is 16.1. The van der Waals surface area contributed by atoms with Gasteiger partial charge >= 0.3 is 0 Å². The molecule has 2 rings (SSSR count). The molecule has 3 nitrogen and oxygen atoms in total. The second-order valence-electron chi connectivity index (χ2n) is 5.10. The Morgan fingerprint density at radius 3 is 2.59 bits per heavy atom. The van der Waals surface area contributed by atoms with Gasteiger partial charge in [-0.3, -0.25) is 4.79 Å². The van der Waals surface area contributed by atoms with Crippen LogP contribution in [-0.4, -0.2) is 17.5 Å². The molecule has 3 heteroatoms. The molecule has 1 aliphatic carbocycles. The molecule has 0 radical (unpaired) electrons. The quantitative estimate of drug-likeness (QED) is 0.783. The molecular weight excluding hydrogens is 212 g/mol. The largest absolute Gasteiger partial charge is 0.368 e. The molecule has 1 fully saturated rings. The summed E-state index contributed by atoms with van der Waals surface area (Å²) in [6, 6.07) is 10.7. The van der Waals surface area contributed by atoms with Crippen molar-refractivity contribution in [2.24, 2.45) is 5.73 Å². The van der Waals surface area contributed by atoms with Crippen LogP contribution in [0.4, 0.5) is 0 Å². The summed E-state index contributed by atoms with van der Waals surface area (Å²) in [5, 5.41) is 3.36. The summed E-state index contributed by atoms with van der Waals surface area (Å²) in [5.41, 5.74) is 6.19. The summed E-state index contributed by atoms with van der Waals surface area (Å²) >= 11 is 0. The van der Waals surface area contributed by atoms with Crippen LogP contribution in [-0.2, 0) is 11.2 Å². The molecule has 0 aromatic heterocycles. The van der Waals surface area contributed by atoms with Crippen molar-refractivity contribution in [3.8, 4) is 0 Å². The highest BCUT2D eigenvalue weighted by molar-refractivity contribution is 5.84. The zero-order valence-corrected chi connectivity index (χ0v) is 10.3. The van der Waals surface area contributed by atoms with Crippen molar-refractivity contribution in [2.45, 2.75) is 44.2 Å². The zero-order chi connectivity index (χ0) is 12.3. The smallest absolute Gasteiger partial charge is 0.237 e. The third kappa shape index (κ3) is 3.30. The van der Waals surface area contributed by atoms with E-state index < -0.39 is 5.54 Å². The van der Waals surface area contributed by atoms with Gasteiger partial charge in [-0.05, 0) is 38.2 Å². The first-order chi connectivity index (χ1) is 8.10. The average molecular weight is 232 g/mol. The van der Waals surface area contributed by atoms with Gasteiger partial charge in [-0.1, -0.05) is 30.3 Å². The fraction of sp³-hybridized carbons (Fsp3) is 0.500. The van der Waals surface area contributed by atoms with Crippen molar-refractivity contribution in [1.82, 2.24) is 5.32 Å². The molecule has 1 saturated carbocycles. The molecule has 0 bridgehead atoms. The Morgan fingerprint density at radius 1 is 1.41 bits per heavy atom. The lowest BCUT2D eigenvalue weighted by molar-refractivity contribution is -0.124. The van der Waals surface area contributed by atoms with Crippen molar-refractivity contribution in [2.75, 3.05) is 0 Å². The van der Waals surface area contributed by atoms with E-state index in [1.54, 1.807) is 0 Å². The van der Waals surface area contributed by atoms with Gasteiger partial charge in [-0.15, -0.1) is 0 Å². The maximum atomic E-state index is 11.6. The summed E-state index contributed by atoms with van der Waals surface area (Å²) < 4.78 is 0. The van der Waals surface area contributed by atoms with Crippen LogP contribution in [0.3, 0.4) is 0 Å². The first kappa shape index (κ1) is 12.1. The van der Waals surface area contributed by atoms with Gasteiger partial charge in [0.2, 0.25) is 5.91 Å². The average Bonchev–Trinajstić information content (AvgIpc) is 3.11. The van der Waals surface area contributed by atoms with Crippen LogP contribution in [0.5, 0.6) is 0 Å². The number of carbonyl (C=O) groups excluding carboxylic acids is 1. The second kappa shape index (κ2) is 4.88. The second-order valence-corrected chi connectivity index (χ2v) is 5.10. The van der Waals surface area contributed by atoms with Crippen LogP contribution in [0.1, 0.15) is 31.7 Å². The first-order valence-electron chi connectivity index (χ1n) is 6.22. The van der Waals surface area contributed by atoms with E-state index in [0.717, 1.165) is 25.7 Å². The Hall–Kier alpha value is -1.35. The lowest BCUT2D eigenvalue weighted by Gasteiger charge is -2.27. The molecule has 17 heavy (non-hydrogen) atoms. The Balaban J connectivity index is 1.95. The summed E-state index contributed by atoms with van der Waals surface area (Å²) in [7, 11) is 0. The maximum absolute atomic E-state index is 11.6.